The number of rotatable bonds is 5. The Morgan fingerprint density at radius 1 is 1.46 bits per heavy atom. The highest BCUT2D eigenvalue weighted by Crippen LogP contribution is 2.11. The Morgan fingerprint density at radius 2 is 2.15 bits per heavy atom. The van der Waals surface area contributed by atoms with E-state index in [0.717, 1.165) is 12.8 Å². The fraction of sp³-hybridized carbons (Fsp3) is 0.583. The number of hydrogen-bond acceptors (Lipinski definition) is 1. The van der Waals surface area contributed by atoms with Crippen LogP contribution in [0.1, 0.15) is 40.0 Å². The van der Waals surface area contributed by atoms with Crippen LogP contribution < -0.4 is 0 Å². The molecule has 0 unspecified atom stereocenters. The van der Waals surface area contributed by atoms with Crippen molar-refractivity contribution in [3.05, 3.63) is 23.8 Å². The first-order valence-corrected chi connectivity index (χ1v) is 4.84. The van der Waals surface area contributed by atoms with Crippen molar-refractivity contribution in [1.29, 1.82) is 5.26 Å². The van der Waals surface area contributed by atoms with E-state index in [4.69, 9.17) is 5.26 Å². The maximum absolute atomic E-state index is 8.28. The van der Waals surface area contributed by atoms with Crippen LogP contribution in [0.5, 0.6) is 0 Å². The maximum atomic E-state index is 8.28. The zero-order valence-electron chi connectivity index (χ0n) is 8.88. The second-order valence-corrected chi connectivity index (χ2v) is 3.73. The predicted octanol–water partition coefficient (Wildman–Crippen LogP) is 3.84. The lowest BCUT2D eigenvalue weighted by Gasteiger charge is -2.05. The average Bonchev–Trinajstić information content (AvgIpc) is 2.04. The van der Waals surface area contributed by atoms with Gasteiger partial charge in [-0.15, -0.1) is 0 Å². The van der Waals surface area contributed by atoms with Gasteiger partial charge < -0.3 is 0 Å². The van der Waals surface area contributed by atoms with Gasteiger partial charge in [-0.2, -0.15) is 5.26 Å². The Morgan fingerprint density at radius 3 is 2.69 bits per heavy atom. The van der Waals surface area contributed by atoms with Crippen LogP contribution in [-0.2, 0) is 0 Å². The van der Waals surface area contributed by atoms with E-state index >= 15 is 0 Å². The minimum atomic E-state index is 0.681. The van der Waals surface area contributed by atoms with E-state index in [1.807, 2.05) is 12.1 Å². The molecule has 1 nitrogen and oxygen atoms in total. The molecular formula is C12H19N. The highest BCUT2D eigenvalue weighted by Gasteiger charge is 1.97. The Balaban J connectivity index is 3.53. The van der Waals surface area contributed by atoms with Crippen LogP contribution in [0.15, 0.2) is 23.8 Å². The maximum Gasteiger partial charge on any atom is 0.0908 e. The van der Waals surface area contributed by atoms with Crippen molar-refractivity contribution in [3.8, 4) is 6.07 Å². The van der Waals surface area contributed by atoms with Gasteiger partial charge in [0.25, 0.3) is 0 Å². The topological polar surface area (TPSA) is 23.8 Å². The molecule has 0 saturated carbocycles. The third-order valence-corrected chi connectivity index (χ3v) is 1.94. The smallest absolute Gasteiger partial charge is 0.0908 e. The number of nitriles is 1. The van der Waals surface area contributed by atoms with E-state index in [1.54, 1.807) is 6.08 Å². The van der Waals surface area contributed by atoms with Crippen molar-refractivity contribution >= 4 is 0 Å². The summed E-state index contributed by atoms with van der Waals surface area (Å²) in [6, 6.07) is 2.00. The van der Waals surface area contributed by atoms with Gasteiger partial charge in [0.2, 0.25) is 0 Å². The van der Waals surface area contributed by atoms with Gasteiger partial charge in [0.1, 0.15) is 0 Å². The second kappa shape index (κ2) is 7.61. The molecule has 0 aliphatic rings. The van der Waals surface area contributed by atoms with Crippen LogP contribution in [0, 0.1) is 17.2 Å². The molecule has 0 aliphatic carbocycles. The van der Waals surface area contributed by atoms with E-state index < -0.39 is 0 Å². The monoisotopic (exact) mass is 177 g/mol. The molecule has 0 radical (unpaired) electrons. The quantitative estimate of drug-likeness (QED) is 0.462. The minimum Gasteiger partial charge on any atom is -0.193 e. The van der Waals surface area contributed by atoms with Crippen LogP contribution in [-0.4, -0.2) is 0 Å². The lowest BCUT2D eigenvalue weighted by atomic mass is 10.0. The van der Waals surface area contributed by atoms with Gasteiger partial charge in [0.05, 0.1) is 6.07 Å². The zero-order chi connectivity index (χ0) is 10.1. The predicted molar refractivity (Wildman–Crippen MR) is 57.2 cm³/mol. The van der Waals surface area contributed by atoms with Gasteiger partial charge in [0.15, 0.2) is 0 Å². The second-order valence-electron chi connectivity index (χ2n) is 3.73. The third-order valence-electron chi connectivity index (χ3n) is 1.94. The number of allylic oxidation sites excluding steroid dienone is 4. The Bertz CT molecular complexity index is 214. The summed E-state index contributed by atoms with van der Waals surface area (Å²) in [4.78, 5) is 0. The van der Waals surface area contributed by atoms with E-state index in [2.05, 4.69) is 26.8 Å². The molecule has 0 heterocycles. The minimum absolute atomic E-state index is 0.681. The van der Waals surface area contributed by atoms with Crippen molar-refractivity contribution in [2.75, 3.05) is 0 Å². The first-order valence-electron chi connectivity index (χ1n) is 4.84. The van der Waals surface area contributed by atoms with E-state index in [1.165, 1.54) is 12.0 Å². The summed E-state index contributed by atoms with van der Waals surface area (Å²) < 4.78 is 0. The highest BCUT2D eigenvalue weighted by atomic mass is 14.2. The molecule has 0 aromatic heterocycles. The molecule has 0 fully saturated rings. The van der Waals surface area contributed by atoms with Crippen molar-refractivity contribution < 1.29 is 0 Å². The molecule has 0 N–H and O–H groups in total. The molecule has 0 bridgehead atoms. The molecule has 72 valence electrons. The largest absolute Gasteiger partial charge is 0.193 e. The van der Waals surface area contributed by atoms with Crippen LogP contribution in [0.2, 0.25) is 0 Å². The summed E-state index contributed by atoms with van der Waals surface area (Å²) in [5.74, 6) is 0.681. The third kappa shape index (κ3) is 8.88. The molecule has 0 aromatic rings. The lowest BCUT2D eigenvalue weighted by molar-refractivity contribution is 0.546. The Kier molecular flexibility index (Phi) is 7.01. The fourth-order valence-corrected chi connectivity index (χ4v) is 1.13. The molecule has 0 aromatic carbocycles. The Labute approximate surface area is 81.8 Å². The standard InChI is InChI=1S/C12H19N/c1-11(2)7-6-9-12(3)8-4-5-10-13/h4-5,7,12H,6,8-9H2,1-3H3/b5-4+/t12-/m1/s1. The average molecular weight is 177 g/mol. The van der Waals surface area contributed by atoms with E-state index in [9.17, 15) is 0 Å². The summed E-state index contributed by atoms with van der Waals surface area (Å²) in [5, 5.41) is 8.28. The summed E-state index contributed by atoms with van der Waals surface area (Å²) in [5.41, 5.74) is 1.39. The first kappa shape index (κ1) is 12.0. The molecular weight excluding hydrogens is 158 g/mol. The lowest BCUT2D eigenvalue weighted by Crippen LogP contribution is -1.91. The zero-order valence-corrected chi connectivity index (χ0v) is 8.88. The van der Waals surface area contributed by atoms with Gasteiger partial charge in [-0.05, 0) is 39.0 Å². The summed E-state index contributed by atoms with van der Waals surface area (Å²) in [6.45, 7) is 6.47. The number of hydrogen-bond donors (Lipinski definition) is 0. The molecule has 13 heavy (non-hydrogen) atoms. The van der Waals surface area contributed by atoms with Crippen molar-refractivity contribution in [2.45, 2.75) is 40.0 Å². The van der Waals surface area contributed by atoms with Gasteiger partial charge in [-0.3, -0.25) is 0 Å². The molecule has 0 rings (SSSR count). The van der Waals surface area contributed by atoms with Gasteiger partial charge >= 0.3 is 0 Å². The summed E-state index contributed by atoms with van der Waals surface area (Å²) in [6.07, 6.45) is 9.17. The summed E-state index contributed by atoms with van der Waals surface area (Å²) in [7, 11) is 0. The number of nitrogens with zero attached hydrogens (tertiary/aromatic N) is 1. The van der Waals surface area contributed by atoms with Gasteiger partial charge in [0, 0.05) is 6.08 Å². The van der Waals surface area contributed by atoms with Gasteiger partial charge in [-0.25, -0.2) is 0 Å². The van der Waals surface area contributed by atoms with Crippen LogP contribution in [0.25, 0.3) is 0 Å². The normalized spacial score (nSPS) is 12.5. The van der Waals surface area contributed by atoms with Crippen molar-refractivity contribution in [2.24, 2.45) is 5.92 Å². The van der Waals surface area contributed by atoms with Gasteiger partial charge in [-0.1, -0.05) is 24.6 Å². The van der Waals surface area contributed by atoms with Crippen LogP contribution >= 0.6 is 0 Å². The Hall–Kier alpha value is -1.03. The molecule has 0 aliphatic heterocycles. The molecule has 1 heteroatoms. The SMILES string of the molecule is CC(C)=CCC[C@H](C)C/C=C/C#N. The summed E-state index contributed by atoms with van der Waals surface area (Å²) >= 11 is 0. The highest BCUT2D eigenvalue weighted by molar-refractivity contribution is 5.01. The van der Waals surface area contributed by atoms with E-state index in [-0.39, 0.29) is 0 Å². The molecule has 0 saturated heterocycles. The van der Waals surface area contributed by atoms with E-state index in [0.29, 0.717) is 5.92 Å². The fourth-order valence-electron chi connectivity index (χ4n) is 1.13. The van der Waals surface area contributed by atoms with Crippen molar-refractivity contribution in [1.82, 2.24) is 0 Å². The first-order chi connectivity index (χ1) is 6.16. The van der Waals surface area contributed by atoms with Crippen LogP contribution in [0.3, 0.4) is 0 Å². The molecule has 0 amide bonds. The molecule has 1 atom stereocenters. The molecule has 0 spiro atoms. The van der Waals surface area contributed by atoms with Crippen LogP contribution in [0.4, 0.5) is 0 Å². The van der Waals surface area contributed by atoms with Crippen molar-refractivity contribution in [3.63, 3.8) is 0 Å².